The van der Waals surface area contributed by atoms with Crippen molar-refractivity contribution in [1.29, 1.82) is 0 Å². The first-order valence-corrected chi connectivity index (χ1v) is 8.32. The lowest BCUT2D eigenvalue weighted by Crippen LogP contribution is -2.35. The van der Waals surface area contributed by atoms with Crippen molar-refractivity contribution in [2.45, 2.75) is 44.9 Å². The Morgan fingerprint density at radius 1 is 1.25 bits per heavy atom. The standard InChI is InChI=1S/C17H25F3N4/c1-3-24(4-2)15(11-22-16(21)23-14-9-10-14)12-5-7-13(8-6-12)17(18,19)20/h5-8,14-15H,3-4,9-11H2,1-2H3,(H3,21,22,23). The molecule has 0 aromatic heterocycles. The van der Waals surface area contributed by atoms with E-state index in [1.807, 2.05) is 13.8 Å². The third-order valence-electron chi connectivity index (χ3n) is 4.24. The van der Waals surface area contributed by atoms with Gasteiger partial charge in [0.05, 0.1) is 18.2 Å². The minimum absolute atomic E-state index is 0.0955. The van der Waals surface area contributed by atoms with Gasteiger partial charge in [-0.15, -0.1) is 0 Å². The zero-order valence-corrected chi connectivity index (χ0v) is 14.1. The largest absolute Gasteiger partial charge is 0.416 e. The van der Waals surface area contributed by atoms with Crippen LogP contribution >= 0.6 is 0 Å². The molecule has 7 heteroatoms. The number of aliphatic imine (C=N–C) groups is 1. The topological polar surface area (TPSA) is 53.6 Å². The van der Waals surface area contributed by atoms with Crippen LogP contribution < -0.4 is 11.1 Å². The molecule has 0 spiro atoms. The Morgan fingerprint density at radius 2 is 1.83 bits per heavy atom. The van der Waals surface area contributed by atoms with E-state index < -0.39 is 11.7 Å². The van der Waals surface area contributed by atoms with Gasteiger partial charge in [0.25, 0.3) is 0 Å². The normalized spacial score (nSPS) is 17.2. The fourth-order valence-corrected chi connectivity index (χ4v) is 2.66. The lowest BCUT2D eigenvalue weighted by molar-refractivity contribution is -0.137. The number of nitrogens with zero attached hydrogens (tertiary/aromatic N) is 2. The third kappa shape index (κ3) is 5.12. The van der Waals surface area contributed by atoms with Crippen LogP contribution in [0, 0.1) is 0 Å². The Kier molecular flexibility index (Phi) is 6.10. The van der Waals surface area contributed by atoms with E-state index in [-0.39, 0.29) is 6.04 Å². The molecule has 1 aromatic rings. The Labute approximate surface area is 140 Å². The van der Waals surface area contributed by atoms with Gasteiger partial charge in [0.15, 0.2) is 5.96 Å². The van der Waals surface area contributed by atoms with Crippen LogP contribution in [0.15, 0.2) is 29.3 Å². The number of halogens is 3. The van der Waals surface area contributed by atoms with E-state index in [1.54, 1.807) is 0 Å². The summed E-state index contributed by atoms with van der Waals surface area (Å²) in [6, 6.07) is 5.65. The maximum Gasteiger partial charge on any atom is 0.416 e. The molecular weight excluding hydrogens is 317 g/mol. The van der Waals surface area contributed by atoms with Crippen molar-refractivity contribution in [2.24, 2.45) is 10.7 Å². The van der Waals surface area contributed by atoms with Crippen molar-refractivity contribution in [3.05, 3.63) is 35.4 Å². The Hall–Kier alpha value is -1.76. The first-order chi connectivity index (χ1) is 11.3. The maximum atomic E-state index is 12.7. The molecule has 134 valence electrons. The van der Waals surface area contributed by atoms with E-state index in [0.717, 1.165) is 43.6 Å². The molecule has 0 heterocycles. The van der Waals surface area contributed by atoms with Crippen LogP contribution in [0.25, 0.3) is 0 Å². The molecule has 2 rings (SSSR count). The molecule has 1 saturated carbocycles. The SMILES string of the molecule is CCN(CC)C(CN=C(N)NC1CC1)c1ccc(C(F)(F)F)cc1. The molecule has 0 aliphatic heterocycles. The second-order valence-corrected chi connectivity index (χ2v) is 6.00. The smallest absolute Gasteiger partial charge is 0.370 e. The second kappa shape index (κ2) is 7.88. The molecule has 1 fully saturated rings. The van der Waals surface area contributed by atoms with Crippen molar-refractivity contribution < 1.29 is 13.2 Å². The molecule has 1 atom stereocenters. The summed E-state index contributed by atoms with van der Waals surface area (Å²) >= 11 is 0. The van der Waals surface area contributed by atoms with E-state index in [0.29, 0.717) is 18.5 Å². The molecule has 0 radical (unpaired) electrons. The highest BCUT2D eigenvalue weighted by atomic mass is 19.4. The Bertz CT molecular complexity index is 546. The van der Waals surface area contributed by atoms with Gasteiger partial charge in [-0.25, -0.2) is 0 Å². The van der Waals surface area contributed by atoms with E-state index in [9.17, 15) is 13.2 Å². The van der Waals surface area contributed by atoms with E-state index >= 15 is 0 Å². The van der Waals surface area contributed by atoms with Crippen LogP contribution in [0.1, 0.15) is 43.9 Å². The summed E-state index contributed by atoms with van der Waals surface area (Å²) in [5, 5.41) is 3.13. The van der Waals surface area contributed by atoms with Crippen LogP contribution in [0.4, 0.5) is 13.2 Å². The van der Waals surface area contributed by atoms with Gasteiger partial charge in [-0.05, 0) is 43.6 Å². The number of nitrogens with one attached hydrogen (secondary N) is 1. The molecule has 0 saturated heterocycles. The lowest BCUT2D eigenvalue weighted by atomic mass is 10.0. The molecule has 0 amide bonds. The third-order valence-corrected chi connectivity index (χ3v) is 4.24. The van der Waals surface area contributed by atoms with E-state index in [4.69, 9.17) is 5.73 Å². The molecule has 0 bridgehead atoms. The summed E-state index contributed by atoms with van der Waals surface area (Å²) in [4.78, 5) is 6.55. The van der Waals surface area contributed by atoms with Crippen molar-refractivity contribution >= 4 is 5.96 Å². The zero-order chi connectivity index (χ0) is 17.7. The average Bonchev–Trinajstić information content (AvgIpc) is 3.34. The van der Waals surface area contributed by atoms with Gasteiger partial charge in [-0.2, -0.15) is 13.2 Å². The van der Waals surface area contributed by atoms with E-state index in [1.165, 1.54) is 12.1 Å². The number of guanidine groups is 1. The highest BCUT2D eigenvalue weighted by Crippen LogP contribution is 2.31. The van der Waals surface area contributed by atoms with Crippen LogP contribution in [0.5, 0.6) is 0 Å². The summed E-state index contributed by atoms with van der Waals surface area (Å²) in [6.07, 6.45) is -2.11. The van der Waals surface area contributed by atoms with Gasteiger partial charge in [0, 0.05) is 6.04 Å². The number of rotatable bonds is 7. The summed E-state index contributed by atoms with van der Waals surface area (Å²) in [5.41, 5.74) is 6.06. The number of hydrogen-bond acceptors (Lipinski definition) is 2. The second-order valence-electron chi connectivity index (χ2n) is 6.00. The van der Waals surface area contributed by atoms with Crippen LogP contribution in [0.2, 0.25) is 0 Å². The number of hydrogen-bond donors (Lipinski definition) is 2. The van der Waals surface area contributed by atoms with E-state index in [2.05, 4.69) is 15.2 Å². The molecule has 1 unspecified atom stereocenters. The van der Waals surface area contributed by atoms with Crippen LogP contribution in [0.3, 0.4) is 0 Å². The number of benzene rings is 1. The zero-order valence-electron chi connectivity index (χ0n) is 14.1. The molecule has 1 aliphatic rings. The average molecular weight is 342 g/mol. The monoisotopic (exact) mass is 342 g/mol. The fraction of sp³-hybridized carbons (Fsp3) is 0.588. The highest BCUT2D eigenvalue weighted by Gasteiger charge is 2.30. The highest BCUT2D eigenvalue weighted by molar-refractivity contribution is 5.78. The Morgan fingerprint density at radius 3 is 2.29 bits per heavy atom. The van der Waals surface area contributed by atoms with Gasteiger partial charge < -0.3 is 11.1 Å². The number of likely N-dealkylation sites (N-methyl/N-ethyl adjacent to an activating group) is 1. The van der Waals surface area contributed by atoms with Gasteiger partial charge in [-0.1, -0.05) is 26.0 Å². The molecular formula is C17H25F3N4. The van der Waals surface area contributed by atoms with Crippen LogP contribution in [-0.2, 0) is 6.18 Å². The predicted octanol–water partition coefficient (Wildman–Crippen LogP) is 3.16. The number of alkyl halides is 3. The first kappa shape index (κ1) is 18.6. The summed E-state index contributed by atoms with van der Waals surface area (Å²) < 4.78 is 38.2. The maximum absolute atomic E-state index is 12.7. The van der Waals surface area contributed by atoms with Gasteiger partial charge in [0.1, 0.15) is 0 Å². The van der Waals surface area contributed by atoms with Crippen molar-refractivity contribution in [1.82, 2.24) is 10.2 Å². The minimum Gasteiger partial charge on any atom is -0.370 e. The first-order valence-electron chi connectivity index (χ1n) is 8.32. The van der Waals surface area contributed by atoms with Crippen molar-refractivity contribution in [2.75, 3.05) is 19.6 Å². The summed E-state index contributed by atoms with van der Waals surface area (Å²) in [6.45, 7) is 6.03. The fourth-order valence-electron chi connectivity index (χ4n) is 2.66. The minimum atomic E-state index is -4.32. The number of nitrogens with two attached hydrogens (primary N) is 1. The predicted molar refractivity (Wildman–Crippen MR) is 89.8 cm³/mol. The quantitative estimate of drug-likeness (QED) is 0.591. The summed E-state index contributed by atoms with van der Waals surface area (Å²) in [7, 11) is 0. The molecule has 4 nitrogen and oxygen atoms in total. The van der Waals surface area contributed by atoms with Gasteiger partial charge in [-0.3, -0.25) is 9.89 Å². The molecule has 1 aromatic carbocycles. The van der Waals surface area contributed by atoms with Crippen LogP contribution in [-0.4, -0.2) is 36.5 Å². The Balaban J connectivity index is 2.15. The van der Waals surface area contributed by atoms with Gasteiger partial charge in [0.2, 0.25) is 0 Å². The molecule has 24 heavy (non-hydrogen) atoms. The summed E-state index contributed by atoms with van der Waals surface area (Å²) in [5.74, 6) is 0.404. The molecule has 1 aliphatic carbocycles. The lowest BCUT2D eigenvalue weighted by Gasteiger charge is -2.29. The molecule has 3 N–H and O–H groups in total. The van der Waals surface area contributed by atoms with Crippen molar-refractivity contribution in [3.63, 3.8) is 0 Å². The van der Waals surface area contributed by atoms with Gasteiger partial charge >= 0.3 is 6.18 Å². The van der Waals surface area contributed by atoms with Crippen molar-refractivity contribution in [3.8, 4) is 0 Å².